The second kappa shape index (κ2) is 7.21. The lowest BCUT2D eigenvalue weighted by Gasteiger charge is -2.27. The van der Waals surface area contributed by atoms with E-state index in [1.54, 1.807) is 0 Å². The van der Waals surface area contributed by atoms with Gasteiger partial charge in [-0.3, -0.25) is 0 Å². The molecule has 14 heavy (non-hydrogen) atoms. The number of ether oxygens (including phenoxy) is 1. The summed E-state index contributed by atoms with van der Waals surface area (Å²) in [5, 5.41) is 3.17. The molecule has 0 saturated carbocycles. The first-order chi connectivity index (χ1) is 6.83. The van der Waals surface area contributed by atoms with Crippen molar-refractivity contribution in [1.29, 1.82) is 0 Å². The molecule has 1 N–H and O–H groups in total. The van der Waals surface area contributed by atoms with Crippen LogP contribution in [-0.2, 0) is 4.74 Å². The minimum atomic E-state index is 0.489. The first-order valence-corrected chi connectivity index (χ1v) is 5.77. The summed E-state index contributed by atoms with van der Waals surface area (Å²) in [4.78, 5) is 2.38. The summed E-state index contributed by atoms with van der Waals surface area (Å²) in [6, 6.07) is 0. The molecule has 0 aromatic rings. The van der Waals surface area contributed by atoms with Gasteiger partial charge in [-0.2, -0.15) is 0 Å². The number of nitrogens with one attached hydrogen (secondary N) is 1. The summed E-state index contributed by atoms with van der Waals surface area (Å²) in [5.74, 6) is 0. The zero-order valence-electron chi connectivity index (χ0n) is 9.59. The van der Waals surface area contributed by atoms with Gasteiger partial charge < -0.3 is 15.0 Å². The lowest BCUT2D eigenvalue weighted by molar-refractivity contribution is -0.00150. The van der Waals surface area contributed by atoms with Crippen LogP contribution in [0.3, 0.4) is 0 Å². The Morgan fingerprint density at radius 3 is 2.93 bits per heavy atom. The Labute approximate surface area is 87.8 Å². The molecule has 3 heteroatoms. The van der Waals surface area contributed by atoms with Crippen molar-refractivity contribution in [2.45, 2.75) is 31.8 Å². The van der Waals surface area contributed by atoms with Crippen LogP contribution in [0.5, 0.6) is 0 Å². The van der Waals surface area contributed by atoms with E-state index < -0.39 is 0 Å². The summed E-state index contributed by atoms with van der Waals surface area (Å²) in [7, 11) is 4.19. The first kappa shape index (κ1) is 12.0. The van der Waals surface area contributed by atoms with Crippen LogP contribution in [0.25, 0.3) is 0 Å². The predicted molar refractivity (Wildman–Crippen MR) is 59.6 cm³/mol. The second-order valence-corrected chi connectivity index (χ2v) is 4.21. The van der Waals surface area contributed by atoms with Crippen molar-refractivity contribution < 1.29 is 4.74 Å². The van der Waals surface area contributed by atoms with Gasteiger partial charge >= 0.3 is 0 Å². The van der Waals surface area contributed by atoms with Crippen molar-refractivity contribution in [1.82, 2.24) is 10.2 Å². The predicted octanol–water partition coefficient (Wildman–Crippen LogP) is 1.10. The first-order valence-electron chi connectivity index (χ1n) is 5.77. The van der Waals surface area contributed by atoms with Crippen LogP contribution in [0.2, 0.25) is 0 Å². The maximum atomic E-state index is 5.70. The van der Waals surface area contributed by atoms with Gasteiger partial charge in [0.15, 0.2) is 0 Å². The molecule has 0 amide bonds. The topological polar surface area (TPSA) is 24.5 Å². The summed E-state index contributed by atoms with van der Waals surface area (Å²) in [5.41, 5.74) is 0. The Bertz CT molecular complexity index is 135. The van der Waals surface area contributed by atoms with E-state index in [4.69, 9.17) is 4.74 Å². The molecule has 1 aliphatic heterocycles. The molecule has 1 atom stereocenters. The molecule has 1 unspecified atom stereocenters. The van der Waals surface area contributed by atoms with Gasteiger partial charge in [0.05, 0.1) is 6.10 Å². The van der Waals surface area contributed by atoms with Crippen LogP contribution >= 0.6 is 0 Å². The van der Waals surface area contributed by atoms with Crippen LogP contribution in [0.4, 0.5) is 0 Å². The Morgan fingerprint density at radius 1 is 1.43 bits per heavy atom. The molecule has 0 bridgehead atoms. The fourth-order valence-corrected chi connectivity index (χ4v) is 1.92. The highest BCUT2D eigenvalue weighted by Gasteiger charge is 2.15. The lowest BCUT2D eigenvalue weighted by atomic mass is 10.1. The van der Waals surface area contributed by atoms with E-state index in [-0.39, 0.29) is 0 Å². The smallest absolute Gasteiger partial charge is 0.0701 e. The molecule has 0 aromatic heterocycles. The average Bonchev–Trinajstić information content (AvgIpc) is 2.20. The highest BCUT2D eigenvalue weighted by molar-refractivity contribution is 4.67. The number of hydrogen-bond acceptors (Lipinski definition) is 3. The molecular formula is C11H24N2O. The van der Waals surface area contributed by atoms with Crippen molar-refractivity contribution >= 4 is 0 Å². The zero-order valence-corrected chi connectivity index (χ0v) is 9.59. The second-order valence-electron chi connectivity index (χ2n) is 4.21. The van der Waals surface area contributed by atoms with E-state index in [2.05, 4.69) is 17.3 Å². The monoisotopic (exact) mass is 200 g/mol. The third-order valence-corrected chi connectivity index (χ3v) is 2.76. The highest BCUT2D eigenvalue weighted by atomic mass is 16.5. The molecule has 84 valence electrons. The molecule has 0 spiro atoms. The van der Waals surface area contributed by atoms with Gasteiger partial charge in [0.2, 0.25) is 0 Å². The van der Waals surface area contributed by atoms with E-state index in [1.807, 2.05) is 7.05 Å². The van der Waals surface area contributed by atoms with Gasteiger partial charge in [-0.1, -0.05) is 0 Å². The molecule has 1 aliphatic rings. The van der Waals surface area contributed by atoms with E-state index in [1.165, 1.54) is 32.2 Å². The fourth-order valence-electron chi connectivity index (χ4n) is 1.92. The standard InChI is InChI=1S/C11H24N2O/c1-12-7-5-8-13(2)10-11-6-3-4-9-14-11/h11-12H,3-10H2,1-2H3. The van der Waals surface area contributed by atoms with E-state index in [9.17, 15) is 0 Å². The Morgan fingerprint density at radius 2 is 2.29 bits per heavy atom. The van der Waals surface area contributed by atoms with Crippen LogP contribution in [0.15, 0.2) is 0 Å². The number of rotatable bonds is 6. The third kappa shape index (κ3) is 4.94. The summed E-state index contributed by atoms with van der Waals surface area (Å²) in [6.07, 6.45) is 5.55. The molecule has 3 nitrogen and oxygen atoms in total. The molecular weight excluding hydrogens is 176 g/mol. The molecule has 0 radical (unpaired) electrons. The van der Waals surface area contributed by atoms with Gasteiger partial charge in [0.1, 0.15) is 0 Å². The minimum absolute atomic E-state index is 0.489. The fraction of sp³-hybridized carbons (Fsp3) is 1.00. The van der Waals surface area contributed by atoms with Crippen molar-refractivity contribution in [3.63, 3.8) is 0 Å². The van der Waals surface area contributed by atoms with Gasteiger partial charge in [-0.25, -0.2) is 0 Å². The van der Waals surface area contributed by atoms with Gasteiger partial charge in [-0.15, -0.1) is 0 Å². The van der Waals surface area contributed by atoms with Gasteiger partial charge in [-0.05, 0) is 52.9 Å². The van der Waals surface area contributed by atoms with Crippen molar-refractivity contribution in [2.24, 2.45) is 0 Å². The number of nitrogens with zero attached hydrogens (tertiary/aromatic N) is 1. The molecule has 1 fully saturated rings. The summed E-state index contributed by atoms with van der Waals surface area (Å²) < 4.78 is 5.70. The van der Waals surface area contributed by atoms with Crippen molar-refractivity contribution in [3.8, 4) is 0 Å². The summed E-state index contributed by atoms with van der Waals surface area (Å²) in [6.45, 7) is 4.34. The molecule has 0 aromatic carbocycles. The maximum absolute atomic E-state index is 5.70. The molecule has 0 aliphatic carbocycles. The van der Waals surface area contributed by atoms with Crippen LogP contribution in [0.1, 0.15) is 25.7 Å². The average molecular weight is 200 g/mol. The van der Waals surface area contributed by atoms with E-state index in [0.717, 1.165) is 19.7 Å². The Balaban J connectivity index is 2.03. The SMILES string of the molecule is CNCCCN(C)CC1CCCCO1. The minimum Gasteiger partial charge on any atom is -0.377 e. The molecule has 1 heterocycles. The van der Waals surface area contributed by atoms with E-state index in [0.29, 0.717) is 6.10 Å². The van der Waals surface area contributed by atoms with Gasteiger partial charge in [0, 0.05) is 13.2 Å². The van der Waals surface area contributed by atoms with E-state index >= 15 is 0 Å². The van der Waals surface area contributed by atoms with Gasteiger partial charge in [0.25, 0.3) is 0 Å². The highest BCUT2D eigenvalue weighted by Crippen LogP contribution is 2.13. The molecule has 1 rings (SSSR count). The maximum Gasteiger partial charge on any atom is 0.0701 e. The lowest BCUT2D eigenvalue weighted by Crippen LogP contribution is -2.34. The quantitative estimate of drug-likeness (QED) is 0.650. The Hall–Kier alpha value is -0.120. The summed E-state index contributed by atoms with van der Waals surface area (Å²) >= 11 is 0. The Kier molecular flexibility index (Phi) is 6.15. The zero-order chi connectivity index (χ0) is 10.2. The van der Waals surface area contributed by atoms with Crippen LogP contribution < -0.4 is 5.32 Å². The van der Waals surface area contributed by atoms with Crippen LogP contribution in [0, 0.1) is 0 Å². The molecule has 1 saturated heterocycles. The third-order valence-electron chi connectivity index (χ3n) is 2.76. The van der Waals surface area contributed by atoms with Crippen LogP contribution in [-0.4, -0.2) is 51.3 Å². The van der Waals surface area contributed by atoms with Crippen molar-refractivity contribution in [3.05, 3.63) is 0 Å². The van der Waals surface area contributed by atoms with Crippen molar-refractivity contribution in [2.75, 3.05) is 40.3 Å². The largest absolute Gasteiger partial charge is 0.377 e. The normalized spacial score (nSPS) is 22.9. The number of hydrogen-bond donors (Lipinski definition) is 1. The number of likely N-dealkylation sites (N-methyl/N-ethyl adjacent to an activating group) is 1.